The zero-order valence-electron chi connectivity index (χ0n) is 12.5. The molecule has 0 bridgehead atoms. The maximum absolute atomic E-state index is 12.8. The highest BCUT2D eigenvalue weighted by Crippen LogP contribution is 2.25. The molecule has 114 valence electrons. The molecule has 0 amide bonds. The molecule has 6 heteroatoms. The second-order valence-corrected chi connectivity index (χ2v) is 7.94. The van der Waals surface area contributed by atoms with E-state index >= 15 is 0 Å². The van der Waals surface area contributed by atoms with Crippen LogP contribution in [0.5, 0.6) is 0 Å². The van der Waals surface area contributed by atoms with Crippen molar-refractivity contribution >= 4 is 27.0 Å². The number of hydrogen-bond donors (Lipinski definition) is 1. The van der Waals surface area contributed by atoms with E-state index in [1.165, 1.54) is 4.31 Å². The molecule has 1 aromatic carbocycles. The van der Waals surface area contributed by atoms with E-state index in [1.807, 2.05) is 38.3 Å². The van der Waals surface area contributed by atoms with E-state index in [1.54, 1.807) is 23.5 Å². The van der Waals surface area contributed by atoms with Crippen LogP contribution in [-0.4, -0.2) is 19.3 Å². The lowest BCUT2D eigenvalue weighted by Gasteiger charge is -2.21. The molecule has 0 unspecified atom stereocenters. The number of sulfonamides is 1. The highest BCUT2D eigenvalue weighted by Gasteiger charge is 2.24. The van der Waals surface area contributed by atoms with E-state index in [0.717, 1.165) is 16.0 Å². The van der Waals surface area contributed by atoms with Crippen molar-refractivity contribution < 1.29 is 8.42 Å². The third kappa shape index (κ3) is 3.28. The maximum Gasteiger partial charge on any atom is 0.243 e. The van der Waals surface area contributed by atoms with Crippen molar-refractivity contribution in [2.75, 3.05) is 12.3 Å². The van der Waals surface area contributed by atoms with Crippen LogP contribution < -0.4 is 5.73 Å². The van der Waals surface area contributed by atoms with E-state index in [4.69, 9.17) is 5.73 Å². The van der Waals surface area contributed by atoms with Crippen LogP contribution in [-0.2, 0) is 16.6 Å². The zero-order valence-corrected chi connectivity index (χ0v) is 14.1. The van der Waals surface area contributed by atoms with Gasteiger partial charge in [0.1, 0.15) is 0 Å². The van der Waals surface area contributed by atoms with E-state index in [-0.39, 0.29) is 4.90 Å². The molecule has 0 atom stereocenters. The minimum Gasteiger partial charge on any atom is -0.398 e. The third-order valence-electron chi connectivity index (χ3n) is 3.58. The van der Waals surface area contributed by atoms with Crippen LogP contribution in [0.4, 0.5) is 5.69 Å². The fraction of sp³-hybridized carbons (Fsp3) is 0.333. The SMILES string of the molecule is CCN(Cc1cccs1)S(=O)(=O)c1cc(C)c(C)c(N)c1. The van der Waals surface area contributed by atoms with Gasteiger partial charge in [0.05, 0.1) is 4.90 Å². The van der Waals surface area contributed by atoms with Gasteiger partial charge in [-0.2, -0.15) is 4.31 Å². The first-order chi connectivity index (χ1) is 9.86. The molecule has 0 aliphatic rings. The summed E-state index contributed by atoms with van der Waals surface area (Å²) in [5, 5.41) is 1.95. The first-order valence-corrected chi connectivity index (χ1v) is 9.07. The summed E-state index contributed by atoms with van der Waals surface area (Å²) in [6, 6.07) is 7.11. The van der Waals surface area contributed by atoms with Gasteiger partial charge in [0, 0.05) is 23.7 Å². The summed E-state index contributed by atoms with van der Waals surface area (Å²) in [5.74, 6) is 0. The summed E-state index contributed by atoms with van der Waals surface area (Å²) in [4.78, 5) is 1.29. The lowest BCUT2D eigenvalue weighted by molar-refractivity contribution is 0.426. The summed E-state index contributed by atoms with van der Waals surface area (Å²) in [6.07, 6.45) is 0. The van der Waals surface area contributed by atoms with Crippen molar-refractivity contribution in [2.45, 2.75) is 32.2 Å². The second-order valence-electron chi connectivity index (χ2n) is 4.96. The molecule has 0 saturated carbocycles. The van der Waals surface area contributed by atoms with E-state index < -0.39 is 10.0 Å². The molecule has 0 radical (unpaired) electrons. The fourth-order valence-corrected chi connectivity index (χ4v) is 4.44. The number of benzene rings is 1. The lowest BCUT2D eigenvalue weighted by atomic mass is 10.1. The van der Waals surface area contributed by atoms with Crippen molar-refractivity contribution in [1.29, 1.82) is 0 Å². The largest absolute Gasteiger partial charge is 0.398 e. The highest BCUT2D eigenvalue weighted by molar-refractivity contribution is 7.89. The van der Waals surface area contributed by atoms with Gasteiger partial charge in [-0.25, -0.2) is 8.42 Å². The Morgan fingerprint density at radius 2 is 2.00 bits per heavy atom. The molecule has 0 saturated heterocycles. The van der Waals surface area contributed by atoms with Gasteiger partial charge in [0.15, 0.2) is 0 Å². The summed E-state index contributed by atoms with van der Waals surface area (Å²) in [7, 11) is -3.53. The Balaban J connectivity index is 2.39. The van der Waals surface area contributed by atoms with Crippen LogP contribution in [0.3, 0.4) is 0 Å². The average molecular weight is 324 g/mol. The van der Waals surface area contributed by atoms with E-state index in [0.29, 0.717) is 18.8 Å². The predicted octanol–water partition coefficient (Wildman–Crippen LogP) is 3.16. The molecule has 1 heterocycles. The van der Waals surface area contributed by atoms with Gasteiger partial charge in [-0.05, 0) is 48.6 Å². The number of nitrogens with zero attached hydrogens (tertiary/aromatic N) is 1. The van der Waals surface area contributed by atoms with E-state index in [9.17, 15) is 8.42 Å². The van der Waals surface area contributed by atoms with Crippen molar-refractivity contribution in [3.63, 3.8) is 0 Å². The highest BCUT2D eigenvalue weighted by atomic mass is 32.2. The third-order valence-corrected chi connectivity index (χ3v) is 6.34. The number of nitrogens with two attached hydrogens (primary N) is 1. The van der Waals surface area contributed by atoms with Gasteiger partial charge in [0.25, 0.3) is 0 Å². The van der Waals surface area contributed by atoms with Crippen molar-refractivity contribution in [1.82, 2.24) is 4.31 Å². The number of anilines is 1. The normalized spacial score (nSPS) is 12.0. The Morgan fingerprint density at radius 1 is 1.29 bits per heavy atom. The number of thiophene rings is 1. The van der Waals surface area contributed by atoms with Gasteiger partial charge in [-0.15, -0.1) is 11.3 Å². The van der Waals surface area contributed by atoms with Gasteiger partial charge >= 0.3 is 0 Å². The quantitative estimate of drug-likeness (QED) is 0.859. The number of aryl methyl sites for hydroxylation is 1. The molecule has 0 fully saturated rings. The van der Waals surface area contributed by atoms with Gasteiger partial charge in [-0.3, -0.25) is 0 Å². The van der Waals surface area contributed by atoms with Crippen LogP contribution in [0.1, 0.15) is 22.9 Å². The Morgan fingerprint density at radius 3 is 2.52 bits per heavy atom. The molecule has 2 aromatic rings. The average Bonchev–Trinajstić information content (AvgIpc) is 2.94. The number of nitrogen functional groups attached to an aromatic ring is 1. The van der Waals surface area contributed by atoms with Crippen LogP contribution in [0.15, 0.2) is 34.5 Å². The smallest absolute Gasteiger partial charge is 0.243 e. The van der Waals surface area contributed by atoms with Gasteiger partial charge in [0.2, 0.25) is 10.0 Å². The molecule has 0 aliphatic carbocycles. The molecule has 21 heavy (non-hydrogen) atoms. The van der Waals surface area contributed by atoms with Crippen LogP contribution in [0.25, 0.3) is 0 Å². The van der Waals surface area contributed by atoms with Crippen LogP contribution >= 0.6 is 11.3 Å². The summed E-state index contributed by atoms with van der Waals surface area (Å²) in [5.41, 5.74) is 8.25. The van der Waals surface area contributed by atoms with Crippen LogP contribution in [0.2, 0.25) is 0 Å². The minimum absolute atomic E-state index is 0.265. The first-order valence-electron chi connectivity index (χ1n) is 6.75. The second kappa shape index (κ2) is 6.17. The molecule has 2 rings (SSSR count). The molecule has 0 aliphatic heterocycles. The van der Waals surface area contributed by atoms with Crippen molar-refractivity contribution in [3.8, 4) is 0 Å². The molecule has 4 nitrogen and oxygen atoms in total. The monoisotopic (exact) mass is 324 g/mol. The molecule has 2 N–H and O–H groups in total. The molecule has 1 aromatic heterocycles. The van der Waals surface area contributed by atoms with Crippen molar-refractivity contribution in [2.24, 2.45) is 0 Å². The van der Waals surface area contributed by atoms with Gasteiger partial charge < -0.3 is 5.73 Å². The Hall–Kier alpha value is -1.37. The Bertz CT molecular complexity index is 699. The fourth-order valence-electron chi connectivity index (χ4n) is 2.09. The maximum atomic E-state index is 12.8. The zero-order chi connectivity index (χ0) is 15.6. The van der Waals surface area contributed by atoms with Crippen LogP contribution in [0, 0.1) is 13.8 Å². The molecule has 0 spiro atoms. The molecular weight excluding hydrogens is 304 g/mol. The summed E-state index contributed by atoms with van der Waals surface area (Å²) < 4.78 is 27.0. The Kier molecular flexibility index (Phi) is 4.70. The summed E-state index contributed by atoms with van der Waals surface area (Å²) in [6.45, 7) is 6.43. The lowest BCUT2D eigenvalue weighted by Crippen LogP contribution is -2.30. The summed E-state index contributed by atoms with van der Waals surface area (Å²) >= 11 is 1.56. The minimum atomic E-state index is -3.53. The van der Waals surface area contributed by atoms with Crippen molar-refractivity contribution in [3.05, 3.63) is 45.6 Å². The molecular formula is C15H20N2O2S2. The number of hydrogen-bond acceptors (Lipinski definition) is 4. The van der Waals surface area contributed by atoms with E-state index in [2.05, 4.69) is 0 Å². The van der Waals surface area contributed by atoms with Gasteiger partial charge in [-0.1, -0.05) is 13.0 Å². The standard InChI is InChI=1S/C15H20N2O2S2/c1-4-17(10-13-6-5-7-20-13)21(18,19)14-8-11(2)12(3)15(16)9-14/h5-9H,4,10,16H2,1-3H3. The Labute approximate surface area is 130 Å². The predicted molar refractivity (Wildman–Crippen MR) is 87.9 cm³/mol. The number of rotatable bonds is 5. The first kappa shape index (κ1) is 16.0. The topological polar surface area (TPSA) is 63.4 Å².